The van der Waals surface area contributed by atoms with Crippen molar-refractivity contribution in [3.63, 3.8) is 0 Å². The van der Waals surface area contributed by atoms with Gasteiger partial charge < -0.3 is 0 Å². The first-order valence-electron chi connectivity index (χ1n) is 6.93. The molecule has 0 saturated heterocycles. The molecule has 2 aromatic carbocycles. The van der Waals surface area contributed by atoms with Gasteiger partial charge in [-0.15, -0.1) is 0 Å². The van der Waals surface area contributed by atoms with Gasteiger partial charge in [-0.25, -0.2) is 16.8 Å². The van der Waals surface area contributed by atoms with Gasteiger partial charge in [-0.3, -0.25) is 0 Å². The molecule has 124 valence electrons. The molecular formula is C16H19NO4S2. The molecule has 0 saturated carbocycles. The maximum Gasteiger partial charge on any atom is 0.243 e. The zero-order valence-electron chi connectivity index (χ0n) is 13.2. The molecule has 0 aliphatic rings. The summed E-state index contributed by atoms with van der Waals surface area (Å²) in [6, 6.07) is 12.9. The van der Waals surface area contributed by atoms with Crippen LogP contribution < -0.4 is 0 Å². The molecule has 0 heterocycles. The Morgan fingerprint density at radius 1 is 0.913 bits per heavy atom. The normalized spacial score (nSPS) is 12.5. The summed E-state index contributed by atoms with van der Waals surface area (Å²) in [7, 11) is -5.75. The number of hydrogen-bond acceptors (Lipinski definition) is 4. The minimum atomic E-state index is -3.77. The Labute approximate surface area is 137 Å². The van der Waals surface area contributed by atoms with Crippen molar-refractivity contribution in [1.82, 2.24) is 4.31 Å². The fourth-order valence-corrected chi connectivity index (χ4v) is 4.09. The van der Waals surface area contributed by atoms with Gasteiger partial charge in [0.15, 0.2) is 9.84 Å². The number of benzene rings is 2. The van der Waals surface area contributed by atoms with Crippen LogP contribution in [-0.4, -0.2) is 34.4 Å². The average molecular weight is 353 g/mol. The topological polar surface area (TPSA) is 71.5 Å². The van der Waals surface area contributed by atoms with E-state index in [4.69, 9.17) is 0 Å². The lowest BCUT2D eigenvalue weighted by Gasteiger charge is -2.18. The van der Waals surface area contributed by atoms with Gasteiger partial charge in [0.05, 0.1) is 9.79 Å². The summed E-state index contributed by atoms with van der Waals surface area (Å²) in [5.41, 5.74) is 1.90. The molecule has 2 aromatic rings. The van der Waals surface area contributed by atoms with E-state index in [2.05, 4.69) is 0 Å². The molecular weight excluding hydrogens is 334 g/mol. The molecule has 0 unspecified atom stereocenters. The van der Waals surface area contributed by atoms with Gasteiger partial charge in [-0.2, -0.15) is 4.31 Å². The van der Waals surface area contributed by atoms with E-state index in [-0.39, 0.29) is 16.3 Å². The van der Waals surface area contributed by atoms with Crippen molar-refractivity contribution in [1.29, 1.82) is 0 Å². The smallest absolute Gasteiger partial charge is 0.224 e. The number of nitrogens with zero attached hydrogens (tertiary/aromatic N) is 1. The van der Waals surface area contributed by atoms with Crippen LogP contribution in [0, 0.1) is 6.92 Å². The van der Waals surface area contributed by atoms with E-state index < -0.39 is 19.9 Å². The number of hydrogen-bond donors (Lipinski definition) is 0. The number of rotatable bonds is 5. The number of aryl methyl sites for hydroxylation is 1. The van der Waals surface area contributed by atoms with Crippen molar-refractivity contribution in [3.8, 4) is 0 Å². The van der Waals surface area contributed by atoms with Gasteiger partial charge in [-0.05, 0) is 36.2 Å². The highest BCUT2D eigenvalue weighted by Crippen LogP contribution is 2.21. The minimum Gasteiger partial charge on any atom is -0.224 e. The molecule has 0 fully saturated rings. The van der Waals surface area contributed by atoms with Crippen molar-refractivity contribution in [3.05, 3.63) is 59.7 Å². The van der Waals surface area contributed by atoms with Gasteiger partial charge in [0.25, 0.3) is 0 Å². The van der Waals surface area contributed by atoms with Crippen molar-refractivity contribution >= 4 is 19.9 Å². The molecule has 0 bridgehead atoms. The second kappa shape index (κ2) is 6.43. The second-order valence-corrected chi connectivity index (χ2v) is 9.50. The SMILES string of the molecule is Cc1ccccc1CN(C)S(=O)(=O)c1cccc(S(C)(=O)=O)c1. The summed E-state index contributed by atoms with van der Waals surface area (Å²) in [4.78, 5) is -0.0422. The third-order valence-corrected chi connectivity index (χ3v) is 6.51. The maximum absolute atomic E-state index is 12.7. The monoisotopic (exact) mass is 353 g/mol. The molecule has 0 amide bonds. The molecule has 0 atom stereocenters. The third-order valence-electron chi connectivity index (χ3n) is 3.60. The van der Waals surface area contributed by atoms with Crippen LogP contribution in [0.5, 0.6) is 0 Å². The Balaban J connectivity index is 2.37. The van der Waals surface area contributed by atoms with E-state index in [0.29, 0.717) is 0 Å². The lowest BCUT2D eigenvalue weighted by atomic mass is 10.1. The van der Waals surface area contributed by atoms with Crippen LogP contribution in [0.3, 0.4) is 0 Å². The molecule has 0 aliphatic carbocycles. The fourth-order valence-electron chi connectivity index (χ4n) is 2.16. The van der Waals surface area contributed by atoms with Gasteiger partial charge in [0.2, 0.25) is 10.0 Å². The molecule has 2 rings (SSSR count). The predicted octanol–water partition coefficient (Wildman–Crippen LogP) is 2.22. The first-order chi connectivity index (χ1) is 10.6. The highest BCUT2D eigenvalue weighted by Gasteiger charge is 2.22. The number of sulfone groups is 1. The van der Waals surface area contributed by atoms with Crippen molar-refractivity contribution in [2.45, 2.75) is 23.3 Å². The van der Waals surface area contributed by atoms with Crippen LogP contribution in [0.2, 0.25) is 0 Å². The van der Waals surface area contributed by atoms with E-state index >= 15 is 0 Å². The maximum atomic E-state index is 12.7. The molecule has 5 nitrogen and oxygen atoms in total. The summed E-state index contributed by atoms with van der Waals surface area (Å²) < 4.78 is 49.8. The molecule has 0 aromatic heterocycles. The standard InChI is InChI=1S/C16H19NO4S2/c1-13-7-4-5-8-14(13)12-17(2)23(20,21)16-10-6-9-15(11-16)22(3,18)19/h4-11H,12H2,1-3H3. The van der Waals surface area contributed by atoms with Gasteiger partial charge >= 0.3 is 0 Å². The molecule has 0 spiro atoms. The highest BCUT2D eigenvalue weighted by atomic mass is 32.2. The predicted molar refractivity (Wildman–Crippen MR) is 89.4 cm³/mol. The van der Waals surface area contributed by atoms with Crippen LogP contribution >= 0.6 is 0 Å². The Morgan fingerprint density at radius 3 is 2.13 bits per heavy atom. The van der Waals surface area contributed by atoms with Gasteiger partial charge in [0.1, 0.15) is 0 Å². The second-order valence-electron chi connectivity index (χ2n) is 5.43. The fraction of sp³-hybridized carbons (Fsp3) is 0.250. The minimum absolute atomic E-state index is 0.0112. The van der Waals surface area contributed by atoms with E-state index in [9.17, 15) is 16.8 Å². The summed E-state index contributed by atoms with van der Waals surface area (Å²) in [6.07, 6.45) is 1.05. The van der Waals surface area contributed by atoms with E-state index in [0.717, 1.165) is 17.4 Å². The van der Waals surface area contributed by atoms with Crippen molar-refractivity contribution in [2.24, 2.45) is 0 Å². The van der Waals surface area contributed by atoms with E-state index in [1.807, 2.05) is 31.2 Å². The summed E-state index contributed by atoms with van der Waals surface area (Å²) in [6.45, 7) is 2.14. The average Bonchev–Trinajstić information content (AvgIpc) is 2.48. The Kier molecular flexibility index (Phi) is 4.93. The van der Waals surface area contributed by atoms with Crippen molar-refractivity contribution in [2.75, 3.05) is 13.3 Å². The van der Waals surface area contributed by atoms with Crippen LogP contribution in [0.15, 0.2) is 58.3 Å². The summed E-state index contributed by atoms with van der Waals surface area (Å²) in [5.74, 6) is 0. The lowest BCUT2D eigenvalue weighted by Crippen LogP contribution is -2.27. The zero-order chi connectivity index (χ0) is 17.3. The Hall–Kier alpha value is -1.70. The quantitative estimate of drug-likeness (QED) is 0.826. The highest BCUT2D eigenvalue weighted by molar-refractivity contribution is 7.91. The molecule has 0 N–H and O–H groups in total. The first kappa shape index (κ1) is 17.7. The largest absolute Gasteiger partial charge is 0.243 e. The lowest BCUT2D eigenvalue weighted by molar-refractivity contribution is 0.466. The zero-order valence-corrected chi connectivity index (χ0v) is 14.9. The third kappa shape index (κ3) is 3.99. The van der Waals surface area contributed by atoms with E-state index in [1.54, 1.807) is 0 Å². The van der Waals surface area contributed by atoms with Crippen LogP contribution in [0.1, 0.15) is 11.1 Å². The van der Waals surface area contributed by atoms with Crippen LogP contribution in [0.4, 0.5) is 0 Å². The Bertz CT molecular complexity index is 919. The summed E-state index contributed by atoms with van der Waals surface area (Å²) >= 11 is 0. The summed E-state index contributed by atoms with van der Waals surface area (Å²) in [5, 5.41) is 0. The number of sulfonamides is 1. The van der Waals surface area contributed by atoms with Crippen LogP contribution in [-0.2, 0) is 26.4 Å². The van der Waals surface area contributed by atoms with Gasteiger partial charge in [-0.1, -0.05) is 30.3 Å². The van der Waals surface area contributed by atoms with Gasteiger partial charge in [0, 0.05) is 19.8 Å². The molecule has 0 aliphatic heterocycles. The Morgan fingerprint density at radius 2 is 1.52 bits per heavy atom. The first-order valence-corrected chi connectivity index (χ1v) is 10.3. The molecule has 0 radical (unpaired) electrons. The van der Waals surface area contributed by atoms with Crippen LogP contribution in [0.25, 0.3) is 0 Å². The van der Waals surface area contributed by atoms with Crippen molar-refractivity contribution < 1.29 is 16.8 Å². The molecule has 7 heteroatoms. The molecule has 23 heavy (non-hydrogen) atoms. The van der Waals surface area contributed by atoms with E-state index in [1.165, 1.54) is 35.6 Å².